The van der Waals surface area contributed by atoms with E-state index in [1.165, 1.54) is 11.1 Å². The quantitative estimate of drug-likeness (QED) is 0.121. The van der Waals surface area contributed by atoms with Crippen LogP contribution in [0.25, 0.3) is 49.9 Å². The van der Waals surface area contributed by atoms with Crippen LogP contribution in [0.5, 0.6) is 5.75 Å². The van der Waals surface area contributed by atoms with Gasteiger partial charge in [-0.2, -0.15) is 37.0 Å². The Morgan fingerprint density at radius 3 is 2.13 bits per heavy atom. The summed E-state index contributed by atoms with van der Waals surface area (Å²) < 4.78 is 35.3. The van der Waals surface area contributed by atoms with Gasteiger partial charge in [-0.15, -0.1) is 28.8 Å². The van der Waals surface area contributed by atoms with Gasteiger partial charge in [-0.3, -0.25) is 0 Å². The first kappa shape index (κ1) is 45.7. The predicted molar refractivity (Wildman–Crippen MR) is 294 cm³/mol. The molecule has 0 spiro atoms. The van der Waals surface area contributed by atoms with Crippen LogP contribution in [0.1, 0.15) is 106 Å². The third-order valence-corrected chi connectivity index (χ3v) is 13.8. The number of pyridine rings is 1. The Bertz CT molecular complexity index is 3490. The van der Waals surface area contributed by atoms with Crippen molar-refractivity contribution in [2.24, 2.45) is 0 Å². The number of aryl methyl sites for hydroxylation is 1. The summed E-state index contributed by atoms with van der Waals surface area (Å²) in [5.74, 6) is 1.49. The summed E-state index contributed by atoms with van der Waals surface area (Å²) in [5, 5.41) is 2.23. The number of benzene rings is 7. The number of nitrogens with zero attached hydrogens (tertiary/aromatic N) is 4. The summed E-state index contributed by atoms with van der Waals surface area (Å²) in [5.41, 5.74) is 14.7. The number of rotatable bonds is 11. The molecule has 10 rings (SSSR count). The average Bonchev–Trinajstić information content (AvgIpc) is 3.90. The number of aromatic nitrogens is 2. The van der Waals surface area contributed by atoms with E-state index in [0.717, 1.165) is 90.1 Å². The second-order valence-corrected chi connectivity index (χ2v) is 21.9. The molecule has 0 atom stereocenters. The molecule has 0 N–H and O–H groups in total. The van der Waals surface area contributed by atoms with Gasteiger partial charge in [0.25, 0.3) is 0 Å². The predicted octanol–water partition coefficient (Wildman–Crippen LogP) is 16.6. The van der Waals surface area contributed by atoms with Crippen LogP contribution >= 0.6 is 0 Å². The van der Waals surface area contributed by atoms with Crippen LogP contribution in [-0.4, -0.2) is 16.1 Å². The standard InChI is InChI=1S/C65H65N4O.Pt/c1-44-35-51(65(8,9)10)39-57(48-22-17-23-49(37-48)63(2,3)4)54(44)26-18-34-67-43-68(59-31-28-47(38-61(59)67)46-20-12-11-13-21-46)52-24-16-19-45(36-52)42-70-53-29-30-56-55-25-14-15-27-58(55)69(60(56)41-53)62-40-50(32-33-66-62)64(5,6)7;/h11-17,19-25,27-33,35,37-40,43H,18,26,34,42H2,1-10H3;/q-3;/i1D3;. The minimum absolute atomic E-state index is 0. The number of fused-ring (bicyclic) bond motifs is 4. The summed E-state index contributed by atoms with van der Waals surface area (Å²) in [7, 11) is 0. The summed E-state index contributed by atoms with van der Waals surface area (Å²) >= 11 is 0. The third-order valence-electron chi connectivity index (χ3n) is 13.8. The molecule has 3 heterocycles. The van der Waals surface area contributed by atoms with Gasteiger partial charge in [-0.05, 0) is 128 Å². The first-order chi connectivity index (χ1) is 34.7. The van der Waals surface area contributed by atoms with Gasteiger partial charge < -0.3 is 19.1 Å². The normalized spacial score (nSPS) is 13.7. The fourth-order valence-electron chi connectivity index (χ4n) is 9.70. The smallest absolute Gasteiger partial charge is 0.135 e. The molecule has 0 bridgehead atoms. The number of hydrogen-bond acceptors (Lipinski definition) is 4. The van der Waals surface area contributed by atoms with E-state index in [2.05, 4.69) is 229 Å². The van der Waals surface area contributed by atoms with Gasteiger partial charge in [0.1, 0.15) is 5.82 Å². The van der Waals surface area contributed by atoms with Crippen molar-refractivity contribution in [2.75, 3.05) is 16.3 Å². The molecule has 7 aromatic carbocycles. The largest absolute Gasteiger partial charge is 0.517 e. The monoisotopic (exact) mass is 1120 g/mol. The van der Waals surface area contributed by atoms with E-state index < -0.39 is 6.85 Å². The molecule has 1 aliphatic heterocycles. The summed E-state index contributed by atoms with van der Waals surface area (Å²) in [4.78, 5) is 9.37. The summed E-state index contributed by atoms with van der Waals surface area (Å²) in [6, 6.07) is 60.3. The molecule has 71 heavy (non-hydrogen) atoms. The molecule has 0 saturated carbocycles. The van der Waals surface area contributed by atoms with Crippen LogP contribution in [0.3, 0.4) is 0 Å². The SMILES string of the molecule is [2H]C([2H])([2H])c1cc(C(C)(C)C)cc(-c2cccc(C(C)(C)C)c2)c1CCCN1[CH-]N(c2[c-]c(COc3[c-]c4c(cc3)c3ccccc3n4-c3cc(C(C)(C)C)ccn3)ccc2)c2ccc(-c3ccccc3)cc21.[Pt]. The van der Waals surface area contributed by atoms with E-state index in [9.17, 15) is 0 Å². The van der Waals surface area contributed by atoms with Gasteiger partial charge in [0.05, 0.1) is 6.61 Å². The number of anilines is 3. The van der Waals surface area contributed by atoms with Crippen LogP contribution < -0.4 is 14.5 Å². The Labute approximate surface area is 441 Å². The molecular formula is C65H65N4OPt-3. The topological polar surface area (TPSA) is 33.5 Å². The molecule has 0 fully saturated rings. The Morgan fingerprint density at radius 2 is 1.35 bits per heavy atom. The van der Waals surface area contributed by atoms with E-state index in [-0.39, 0.29) is 37.3 Å². The molecule has 9 aromatic rings. The Kier molecular flexibility index (Phi) is 12.6. The van der Waals surface area contributed by atoms with Crippen LogP contribution in [0, 0.1) is 25.7 Å². The van der Waals surface area contributed by atoms with E-state index in [1.54, 1.807) is 0 Å². The Hall–Kier alpha value is -6.42. The third kappa shape index (κ3) is 10.2. The minimum Gasteiger partial charge on any atom is -0.517 e. The molecule has 0 aliphatic carbocycles. The van der Waals surface area contributed by atoms with Gasteiger partial charge in [0.2, 0.25) is 0 Å². The van der Waals surface area contributed by atoms with Gasteiger partial charge in [0.15, 0.2) is 0 Å². The van der Waals surface area contributed by atoms with Crippen molar-refractivity contribution in [3.05, 3.63) is 210 Å². The van der Waals surface area contributed by atoms with Gasteiger partial charge in [-0.1, -0.05) is 159 Å². The maximum Gasteiger partial charge on any atom is 0.135 e. The molecule has 0 amide bonds. The van der Waals surface area contributed by atoms with Crippen molar-refractivity contribution in [3.63, 3.8) is 0 Å². The first-order valence-electron chi connectivity index (χ1n) is 26.2. The second kappa shape index (κ2) is 19.6. The molecule has 364 valence electrons. The number of ether oxygens (including phenoxy) is 1. The van der Waals surface area contributed by atoms with Crippen molar-refractivity contribution in [1.82, 2.24) is 9.55 Å². The summed E-state index contributed by atoms with van der Waals surface area (Å²) in [6.45, 7) is 20.6. The molecule has 2 aromatic heterocycles. The van der Waals surface area contributed by atoms with Crippen LogP contribution in [-0.2, 0) is 50.3 Å². The fourth-order valence-corrected chi connectivity index (χ4v) is 9.70. The van der Waals surface area contributed by atoms with Crippen LogP contribution in [0.4, 0.5) is 17.1 Å². The van der Waals surface area contributed by atoms with Gasteiger partial charge in [-0.25, -0.2) is 4.98 Å². The van der Waals surface area contributed by atoms with E-state index in [4.69, 9.17) is 13.8 Å². The molecule has 6 heteroatoms. The average molecular weight is 1120 g/mol. The second-order valence-electron chi connectivity index (χ2n) is 21.9. The number of hydrogen-bond donors (Lipinski definition) is 0. The maximum atomic E-state index is 8.85. The van der Waals surface area contributed by atoms with E-state index in [1.807, 2.05) is 24.4 Å². The number of para-hydroxylation sites is 1. The van der Waals surface area contributed by atoms with Crippen molar-refractivity contribution in [3.8, 4) is 33.8 Å². The first-order valence-corrected chi connectivity index (χ1v) is 24.7. The summed E-state index contributed by atoms with van der Waals surface area (Å²) in [6.07, 6.45) is 3.21. The van der Waals surface area contributed by atoms with Crippen LogP contribution in [0.15, 0.2) is 158 Å². The van der Waals surface area contributed by atoms with Crippen molar-refractivity contribution >= 4 is 38.9 Å². The Balaban J connectivity index is 0.00000672. The van der Waals surface area contributed by atoms with E-state index >= 15 is 0 Å². The zero-order valence-corrected chi connectivity index (χ0v) is 44.7. The molecular weight excluding hydrogens is 1050 g/mol. The zero-order valence-electron chi connectivity index (χ0n) is 45.4. The van der Waals surface area contributed by atoms with Crippen molar-refractivity contribution < 1.29 is 29.9 Å². The molecule has 0 unspecified atom stereocenters. The van der Waals surface area contributed by atoms with Gasteiger partial charge in [0, 0.05) is 54.0 Å². The van der Waals surface area contributed by atoms with Gasteiger partial charge >= 0.3 is 0 Å². The van der Waals surface area contributed by atoms with E-state index in [0.29, 0.717) is 30.9 Å². The van der Waals surface area contributed by atoms with Crippen molar-refractivity contribution in [1.29, 1.82) is 0 Å². The fraction of sp³-hybridized carbons (Fsp3) is 0.262. The molecule has 0 saturated heterocycles. The maximum absolute atomic E-state index is 8.85. The van der Waals surface area contributed by atoms with Crippen LogP contribution in [0.2, 0.25) is 0 Å². The minimum atomic E-state index is -2.29. The molecule has 1 aliphatic rings. The zero-order chi connectivity index (χ0) is 51.5. The van der Waals surface area contributed by atoms with Crippen molar-refractivity contribution in [2.45, 2.75) is 105 Å². The Morgan fingerprint density at radius 1 is 0.620 bits per heavy atom. The molecule has 5 nitrogen and oxygen atoms in total. The molecule has 0 radical (unpaired) electrons.